The van der Waals surface area contributed by atoms with Gasteiger partial charge in [-0.2, -0.15) is 13.2 Å². The third-order valence-electron chi connectivity index (χ3n) is 4.89. The van der Waals surface area contributed by atoms with E-state index in [2.05, 4.69) is 0 Å². The van der Waals surface area contributed by atoms with Crippen LogP contribution >= 0.6 is 0 Å². The molecule has 2 aliphatic rings. The lowest BCUT2D eigenvalue weighted by atomic mass is 10.1. The average Bonchev–Trinajstić information content (AvgIpc) is 3.30. The largest absolute Gasteiger partial charge is 0.455 e. The number of benzene rings is 3. The Morgan fingerprint density at radius 2 is 1.52 bits per heavy atom. The molecule has 0 saturated carbocycles. The predicted molar refractivity (Wildman–Crippen MR) is 102 cm³/mol. The normalized spacial score (nSPS) is 14.7. The van der Waals surface area contributed by atoms with E-state index >= 15 is 0 Å². The van der Waals surface area contributed by atoms with Crippen LogP contribution in [0.1, 0.15) is 26.3 Å². The first-order valence-corrected chi connectivity index (χ1v) is 9.09. The van der Waals surface area contributed by atoms with Gasteiger partial charge in [0.1, 0.15) is 5.75 Å². The Kier molecular flexibility index (Phi) is 4.14. The van der Waals surface area contributed by atoms with Crippen LogP contribution in [0.3, 0.4) is 0 Å². The average molecular weight is 427 g/mol. The van der Waals surface area contributed by atoms with E-state index in [9.17, 15) is 22.8 Å². The van der Waals surface area contributed by atoms with E-state index in [1.165, 1.54) is 24.3 Å². The highest BCUT2D eigenvalue weighted by molar-refractivity contribution is 6.34. The van der Waals surface area contributed by atoms with Crippen LogP contribution < -0.4 is 19.1 Å². The van der Waals surface area contributed by atoms with Gasteiger partial charge in [0.25, 0.3) is 11.8 Å². The summed E-state index contributed by atoms with van der Waals surface area (Å²) in [5.41, 5.74) is -1.10. The Morgan fingerprint density at radius 3 is 2.19 bits per heavy atom. The maximum absolute atomic E-state index is 13.4. The van der Waals surface area contributed by atoms with Gasteiger partial charge in [-0.1, -0.05) is 12.1 Å². The third kappa shape index (κ3) is 3.14. The van der Waals surface area contributed by atoms with Crippen molar-refractivity contribution >= 4 is 17.5 Å². The Hall–Kier alpha value is -4.01. The molecule has 2 heterocycles. The minimum atomic E-state index is -4.68. The second-order valence-electron chi connectivity index (χ2n) is 6.79. The summed E-state index contributed by atoms with van der Waals surface area (Å²) >= 11 is 0. The predicted octanol–water partition coefficient (Wildman–Crippen LogP) is 5.03. The van der Waals surface area contributed by atoms with Crippen molar-refractivity contribution in [3.8, 4) is 23.0 Å². The number of ether oxygens (including phenoxy) is 3. The smallest absolute Gasteiger partial charge is 0.416 e. The molecular weight excluding hydrogens is 415 g/mol. The highest BCUT2D eigenvalue weighted by Gasteiger charge is 2.40. The van der Waals surface area contributed by atoms with Crippen molar-refractivity contribution in [1.82, 2.24) is 0 Å². The molecular formula is C22H12F3NO5. The van der Waals surface area contributed by atoms with E-state index in [1.807, 2.05) is 0 Å². The fraction of sp³-hybridized carbons (Fsp3) is 0.0909. The molecule has 2 amide bonds. The summed E-state index contributed by atoms with van der Waals surface area (Å²) in [6.07, 6.45) is -4.68. The number of imide groups is 1. The number of alkyl halides is 3. The summed E-state index contributed by atoms with van der Waals surface area (Å²) in [7, 11) is 0. The molecule has 0 N–H and O–H groups in total. The lowest BCUT2D eigenvalue weighted by Gasteiger charge is -2.20. The van der Waals surface area contributed by atoms with E-state index in [1.54, 1.807) is 18.2 Å². The summed E-state index contributed by atoms with van der Waals surface area (Å²) in [4.78, 5) is 26.4. The maximum atomic E-state index is 13.4. The lowest BCUT2D eigenvalue weighted by Crippen LogP contribution is -2.30. The van der Waals surface area contributed by atoms with E-state index < -0.39 is 23.6 Å². The number of carbonyl (C=O) groups is 2. The molecule has 2 aliphatic heterocycles. The highest BCUT2D eigenvalue weighted by Crippen LogP contribution is 2.43. The molecule has 0 unspecified atom stereocenters. The van der Waals surface area contributed by atoms with Gasteiger partial charge in [0.15, 0.2) is 17.2 Å². The Balaban J connectivity index is 1.60. The summed E-state index contributed by atoms with van der Waals surface area (Å²) in [5, 5.41) is 0. The van der Waals surface area contributed by atoms with Crippen molar-refractivity contribution in [2.45, 2.75) is 6.18 Å². The first-order chi connectivity index (χ1) is 14.8. The number of fused-ring (bicyclic) bond motifs is 2. The molecule has 0 radical (unpaired) electrons. The minimum absolute atomic E-state index is 0.0410. The minimum Gasteiger partial charge on any atom is -0.455 e. The summed E-state index contributed by atoms with van der Waals surface area (Å²) in [5.74, 6) is -0.402. The van der Waals surface area contributed by atoms with Gasteiger partial charge in [0.05, 0.1) is 22.4 Å². The number of rotatable bonds is 3. The summed E-state index contributed by atoms with van der Waals surface area (Å²) in [6, 6.07) is 13.3. The second-order valence-corrected chi connectivity index (χ2v) is 6.79. The van der Waals surface area contributed by atoms with Gasteiger partial charge in [0.2, 0.25) is 6.79 Å². The van der Waals surface area contributed by atoms with Crippen LogP contribution in [0, 0.1) is 0 Å². The van der Waals surface area contributed by atoms with Crippen LogP contribution in [0.2, 0.25) is 0 Å². The van der Waals surface area contributed by atoms with Gasteiger partial charge in [-0.05, 0) is 42.5 Å². The molecule has 0 aliphatic carbocycles. The molecule has 0 bridgehead atoms. The molecule has 3 aromatic carbocycles. The SMILES string of the molecule is O=C1c2ccccc2C(=O)N1c1cc(C(F)(F)F)ccc1Oc1ccc2c(c1)OCO2. The molecule has 5 rings (SSSR count). The van der Waals surface area contributed by atoms with Crippen molar-refractivity contribution in [2.24, 2.45) is 0 Å². The molecule has 31 heavy (non-hydrogen) atoms. The molecule has 0 fully saturated rings. The number of amides is 2. The number of anilines is 1. The zero-order valence-electron chi connectivity index (χ0n) is 15.6. The van der Waals surface area contributed by atoms with Crippen LogP contribution in [0.4, 0.5) is 18.9 Å². The molecule has 0 atom stereocenters. The summed E-state index contributed by atoms with van der Waals surface area (Å²) in [6.45, 7) is 0.0410. The van der Waals surface area contributed by atoms with Gasteiger partial charge in [0, 0.05) is 6.07 Å². The summed E-state index contributed by atoms with van der Waals surface area (Å²) < 4.78 is 56.3. The first kappa shape index (κ1) is 19.0. The molecule has 9 heteroatoms. The Morgan fingerprint density at radius 1 is 0.839 bits per heavy atom. The first-order valence-electron chi connectivity index (χ1n) is 9.09. The number of nitrogens with zero attached hydrogens (tertiary/aromatic N) is 1. The van der Waals surface area contributed by atoms with Crippen LogP contribution in [0.5, 0.6) is 23.0 Å². The fourth-order valence-electron chi connectivity index (χ4n) is 3.43. The molecule has 6 nitrogen and oxygen atoms in total. The zero-order valence-corrected chi connectivity index (χ0v) is 15.6. The topological polar surface area (TPSA) is 65.1 Å². The van der Waals surface area contributed by atoms with Crippen LogP contribution in [0.15, 0.2) is 60.7 Å². The zero-order chi connectivity index (χ0) is 21.8. The number of hydrogen-bond donors (Lipinski definition) is 0. The molecule has 0 spiro atoms. The van der Waals surface area contributed by atoms with E-state index in [4.69, 9.17) is 14.2 Å². The van der Waals surface area contributed by atoms with Gasteiger partial charge < -0.3 is 14.2 Å². The van der Waals surface area contributed by atoms with E-state index in [0.29, 0.717) is 16.4 Å². The number of carbonyl (C=O) groups excluding carboxylic acids is 2. The van der Waals surface area contributed by atoms with Crippen LogP contribution in [-0.4, -0.2) is 18.6 Å². The lowest BCUT2D eigenvalue weighted by molar-refractivity contribution is -0.137. The van der Waals surface area contributed by atoms with Gasteiger partial charge >= 0.3 is 6.18 Å². The quantitative estimate of drug-likeness (QED) is 0.549. The number of hydrogen-bond acceptors (Lipinski definition) is 5. The van der Waals surface area contributed by atoms with Crippen molar-refractivity contribution in [3.05, 3.63) is 77.4 Å². The molecule has 3 aromatic rings. The van der Waals surface area contributed by atoms with E-state index in [-0.39, 0.29) is 35.1 Å². The number of halogens is 3. The van der Waals surface area contributed by atoms with Crippen molar-refractivity contribution in [1.29, 1.82) is 0 Å². The van der Waals surface area contributed by atoms with Crippen molar-refractivity contribution < 1.29 is 37.0 Å². The molecule has 156 valence electrons. The van der Waals surface area contributed by atoms with Crippen LogP contribution in [0.25, 0.3) is 0 Å². The standard InChI is InChI=1S/C22H12F3NO5/c23-22(24,25)12-5-7-17(31-13-6-8-18-19(10-13)30-11-29-18)16(9-12)26-20(27)14-3-1-2-4-15(14)21(26)28/h1-10H,11H2. The highest BCUT2D eigenvalue weighted by atomic mass is 19.4. The maximum Gasteiger partial charge on any atom is 0.416 e. The van der Waals surface area contributed by atoms with Crippen molar-refractivity contribution in [2.75, 3.05) is 11.7 Å². The van der Waals surface area contributed by atoms with Gasteiger partial charge in [-0.25, -0.2) is 4.90 Å². The second kappa shape index (κ2) is 6.76. The fourth-order valence-corrected chi connectivity index (χ4v) is 3.43. The van der Waals surface area contributed by atoms with Crippen molar-refractivity contribution in [3.63, 3.8) is 0 Å². The van der Waals surface area contributed by atoms with Gasteiger partial charge in [-0.3, -0.25) is 9.59 Å². The Labute approximate surface area is 173 Å². The van der Waals surface area contributed by atoms with Crippen LogP contribution in [-0.2, 0) is 6.18 Å². The van der Waals surface area contributed by atoms with E-state index in [0.717, 1.165) is 18.2 Å². The third-order valence-corrected chi connectivity index (χ3v) is 4.89. The molecule has 0 aromatic heterocycles. The monoisotopic (exact) mass is 427 g/mol. The Bertz CT molecular complexity index is 1200. The van der Waals surface area contributed by atoms with Gasteiger partial charge in [-0.15, -0.1) is 0 Å². The molecule has 0 saturated heterocycles.